The first-order valence-corrected chi connectivity index (χ1v) is 7.76. The van der Waals surface area contributed by atoms with Gasteiger partial charge in [-0.05, 0) is 48.8 Å². The van der Waals surface area contributed by atoms with Crippen molar-refractivity contribution in [1.82, 2.24) is 5.32 Å². The highest BCUT2D eigenvalue weighted by molar-refractivity contribution is 5.91. The van der Waals surface area contributed by atoms with Crippen molar-refractivity contribution in [2.75, 3.05) is 12.3 Å². The van der Waals surface area contributed by atoms with E-state index in [-0.39, 0.29) is 11.3 Å². The van der Waals surface area contributed by atoms with E-state index in [1.165, 1.54) is 19.3 Å². The molecule has 108 valence electrons. The third kappa shape index (κ3) is 2.41. The number of carbonyl (C=O) groups excluding carboxylic acids is 1. The number of anilines is 1. The van der Waals surface area contributed by atoms with E-state index in [2.05, 4.69) is 12.2 Å². The quantitative estimate of drug-likeness (QED) is 0.828. The van der Waals surface area contributed by atoms with Crippen molar-refractivity contribution >= 4 is 11.6 Å². The van der Waals surface area contributed by atoms with Crippen LogP contribution >= 0.6 is 0 Å². The zero-order valence-electron chi connectivity index (χ0n) is 12.2. The minimum Gasteiger partial charge on any atom is -0.399 e. The molecule has 0 radical (unpaired) electrons. The lowest BCUT2D eigenvalue weighted by atomic mass is 9.93. The molecule has 1 aromatic rings. The van der Waals surface area contributed by atoms with E-state index in [0.717, 1.165) is 36.6 Å². The van der Waals surface area contributed by atoms with Crippen molar-refractivity contribution < 1.29 is 4.79 Å². The van der Waals surface area contributed by atoms with Gasteiger partial charge in [-0.2, -0.15) is 0 Å². The third-order valence-electron chi connectivity index (χ3n) is 5.21. The molecule has 0 saturated heterocycles. The molecular weight excluding hydrogens is 248 g/mol. The molecule has 3 rings (SSSR count). The maximum Gasteiger partial charge on any atom is 0.230 e. The van der Waals surface area contributed by atoms with Crippen LogP contribution in [-0.4, -0.2) is 12.5 Å². The molecule has 2 aliphatic carbocycles. The summed E-state index contributed by atoms with van der Waals surface area (Å²) in [6.07, 6.45) is 5.80. The zero-order valence-corrected chi connectivity index (χ0v) is 12.2. The minimum atomic E-state index is -0.268. The number of nitrogens with one attached hydrogen (secondary N) is 1. The van der Waals surface area contributed by atoms with Gasteiger partial charge in [-0.15, -0.1) is 0 Å². The molecule has 2 saturated carbocycles. The van der Waals surface area contributed by atoms with Crippen LogP contribution in [0.1, 0.15) is 44.6 Å². The van der Waals surface area contributed by atoms with Gasteiger partial charge in [0, 0.05) is 12.2 Å². The molecule has 2 aliphatic rings. The van der Waals surface area contributed by atoms with Gasteiger partial charge in [0.05, 0.1) is 5.41 Å². The van der Waals surface area contributed by atoms with Crippen LogP contribution in [-0.2, 0) is 10.2 Å². The molecular formula is C17H24N2O. The Kier molecular flexibility index (Phi) is 3.45. The molecule has 1 aromatic carbocycles. The second-order valence-corrected chi connectivity index (χ2v) is 6.58. The maximum absolute atomic E-state index is 12.5. The Balaban J connectivity index is 1.63. The molecule has 1 amide bonds. The van der Waals surface area contributed by atoms with Gasteiger partial charge in [0.2, 0.25) is 5.91 Å². The lowest BCUT2D eigenvalue weighted by Crippen LogP contribution is -2.38. The molecule has 2 fully saturated rings. The molecule has 0 bridgehead atoms. The van der Waals surface area contributed by atoms with Crippen LogP contribution < -0.4 is 11.1 Å². The van der Waals surface area contributed by atoms with E-state index in [1.54, 1.807) is 0 Å². The minimum absolute atomic E-state index is 0.210. The second kappa shape index (κ2) is 5.12. The van der Waals surface area contributed by atoms with Crippen LogP contribution in [0.15, 0.2) is 24.3 Å². The lowest BCUT2D eigenvalue weighted by Gasteiger charge is -2.20. The number of amides is 1. The van der Waals surface area contributed by atoms with Crippen LogP contribution in [0.25, 0.3) is 0 Å². The lowest BCUT2D eigenvalue weighted by molar-refractivity contribution is -0.123. The smallest absolute Gasteiger partial charge is 0.230 e. The normalized spacial score (nSPS) is 27.2. The number of carbonyl (C=O) groups is 1. The predicted molar refractivity (Wildman–Crippen MR) is 81.3 cm³/mol. The first kappa shape index (κ1) is 13.5. The van der Waals surface area contributed by atoms with Gasteiger partial charge >= 0.3 is 0 Å². The largest absolute Gasteiger partial charge is 0.399 e. The summed E-state index contributed by atoms with van der Waals surface area (Å²) in [5, 5.41) is 3.20. The Morgan fingerprint density at radius 3 is 2.55 bits per heavy atom. The first-order valence-electron chi connectivity index (χ1n) is 7.76. The summed E-state index contributed by atoms with van der Waals surface area (Å²) < 4.78 is 0. The Labute approximate surface area is 120 Å². The summed E-state index contributed by atoms with van der Waals surface area (Å²) in [5.41, 5.74) is 7.32. The van der Waals surface area contributed by atoms with Crippen LogP contribution in [0.5, 0.6) is 0 Å². The molecule has 20 heavy (non-hydrogen) atoms. The van der Waals surface area contributed by atoms with Gasteiger partial charge in [-0.3, -0.25) is 4.79 Å². The summed E-state index contributed by atoms with van der Waals surface area (Å²) in [6.45, 7) is 3.15. The molecule has 3 N–H and O–H groups in total. The molecule has 3 heteroatoms. The van der Waals surface area contributed by atoms with Gasteiger partial charge in [-0.25, -0.2) is 0 Å². The maximum atomic E-state index is 12.5. The summed E-state index contributed by atoms with van der Waals surface area (Å²) in [4.78, 5) is 12.5. The number of nitrogen functional groups attached to an aromatic ring is 1. The van der Waals surface area contributed by atoms with Gasteiger partial charge in [0.15, 0.2) is 0 Å². The van der Waals surface area contributed by atoms with E-state index in [9.17, 15) is 4.79 Å². The predicted octanol–water partition coefficient (Wildman–Crippen LogP) is 2.85. The van der Waals surface area contributed by atoms with Crippen molar-refractivity contribution in [3.63, 3.8) is 0 Å². The fraction of sp³-hybridized carbons (Fsp3) is 0.588. The summed E-state index contributed by atoms with van der Waals surface area (Å²) in [6, 6.07) is 7.78. The second-order valence-electron chi connectivity index (χ2n) is 6.58. The fourth-order valence-corrected chi connectivity index (χ4v) is 3.49. The van der Waals surface area contributed by atoms with Crippen molar-refractivity contribution in [3.8, 4) is 0 Å². The highest BCUT2D eigenvalue weighted by Crippen LogP contribution is 2.48. The van der Waals surface area contributed by atoms with Crippen LogP contribution in [0.4, 0.5) is 5.69 Å². The van der Waals surface area contributed by atoms with Gasteiger partial charge in [-0.1, -0.05) is 31.9 Å². The van der Waals surface area contributed by atoms with E-state index in [0.29, 0.717) is 5.92 Å². The summed E-state index contributed by atoms with van der Waals surface area (Å²) >= 11 is 0. The number of benzene rings is 1. The summed E-state index contributed by atoms with van der Waals surface area (Å²) in [7, 11) is 0. The van der Waals surface area contributed by atoms with Crippen LogP contribution in [0.2, 0.25) is 0 Å². The van der Waals surface area contributed by atoms with E-state index in [4.69, 9.17) is 5.73 Å². The molecule has 0 aromatic heterocycles. The highest BCUT2D eigenvalue weighted by atomic mass is 16.2. The third-order valence-corrected chi connectivity index (χ3v) is 5.21. The molecule has 0 heterocycles. The Bertz CT molecular complexity index is 490. The average molecular weight is 272 g/mol. The average Bonchev–Trinajstić information content (AvgIpc) is 3.15. The molecule has 0 spiro atoms. The SMILES string of the molecule is CC1CCCC1CNC(=O)C1(c2ccc(N)cc2)CC1. The van der Waals surface area contributed by atoms with E-state index >= 15 is 0 Å². The van der Waals surface area contributed by atoms with Crippen molar-refractivity contribution in [2.24, 2.45) is 11.8 Å². The number of rotatable bonds is 4. The van der Waals surface area contributed by atoms with E-state index in [1.807, 2.05) is 24.3 Å². The Morgan fingerprint density at radius 1 is 1.30 bits per heavy atom. The topological polar surface area (TPSA) is 55.1 Å². The van der Waals surface area contributed by atoms with Gasteiger partial charge < -0.3 is 11.1 Å². The Morgan fingerprint density at radius 2 is 2.00 bits per heavy atom. The zero-order chi connectivity index (χ0) is 14.2. The molecule has 3 nitrogen and oxygen atoms in total. The standard InChI is InChI=1S/C17H24N2O/c1-12-3-2-4-13(12)11-19-16(20)17(9-10-17)14-5-7-15(18)8-6-14/h5-8,12-13H,2-4,9-11,18H2,1H3,(H,19,20). The molecule has 0 aliphatic heterocycles. The fourth-order valence-electron chi connectivity index (χ4n) is 3.49. The van der Waals surface area contributed by atoms with Crippen molar-refractivity contribution in [3.05, 3.63) is 29.8 Å². The molecule has 2 atom stereocenters. The van der Waals surface area contributed by atoms with Crippen LogP contribution in [0, 0.1) is 11.8 Å². The number of hydrogen-bond donors (Lipinski definition) is 2. The summed E-state index contributed by atoms with van der Waals surface area (Å²) in [5.74, 6) is 1.63. The molecule has 2 unspecified atom stereocenters. The first-order chi connectivity index (χ1) is 9.62. The van der Waals surface area contributed by atoms with Crippen molar-refractivity contribution in [2.45, 2.75) is 44.4 Å². The Hall–Kier alpha value is -1.51. The van der Waals surface area contributed by atoms with Crippen LogP contribution in [0.3, 0.4) is 0 Å². The van der Waals surface area contributed by atoms with Crippen molar-refractivity contribution in [1.29, 1.82) is 0 Å². The van der Waals surface area contributed by atoms with E-state index < -0.39 is 0 Å². The monoisotopic (exact) mass is 272 g/mol. The number of nitrogens with two attached hydrogens (primary N) is 1. The number of hydrogen-bond acceptors (Lipinski definition) is 2. The highest BCUT2D eigenvalue weighted by Gasteiger charge is 2.51. The van der Waals surface area contributed by atoms with Gasteiger partial charge in [0.1, 0.15) is 0 Å². The van der Waals surface area contributed by atoms with Gasteiger partial charge in [0.25, 0.3) is 0 Å².